The molecule has 0 aliphatic heterocycles. The third-order valence-electron chi connectivity index (χ3n) is 3.86. The molecule has 2 aromatic carbocycles. The molecule has 6 nitrogen and oxygen atoms in total. The number of furan rings is 1. The molecule has 1 amide bonds. The van der Waals surface area contributed by atoms with Gasteiger partial charge in [0.25, 0.3) is 5.91 Å². The van der Waals surface area contributed by atoms with Crippen LogP contribution in [0.1, 0.15) is 16.1 Å². The van der Waals surface area contributed by atoms with Crippen LogP contribution in [-0.2, 0) is 6.61 Å². The standard InChI is InChI=1S/C20H17ClN2O4S/c1-26-18-7-5-12(17-8-6-15(11-24)27-17)10-16(18)22-20(28)23-19(25)13-3-2-4-14(21)9-13/h2-10,24H,11H2,1H3,(H2,22,23,25,28). The van der Waals surface area contributed by atoms with Crippen molar-refractivity contribution < 1.29 is 19.1 Å². The maximum Gasteiger partial charge on any atom is 0.257 e. The van der Waals surface area contributed by atoms with Crippen LogP contribution in [0.15, 0.2) is 59.0 Å². The lowest BCUT2D eigenvalue weighted by Crippen LogP contribution is -2.34. The summed E-state index contributed by atoms with van der Waals surface area (Å²) in [4.78, 5) is 12.3. The van der Waals surface area contributed by atoms with Crippen LogP contribution in [0.2, 0.25) is 5.02 Å². The van der Waals surface area contributed by atoms with Crippen molar-refractivity contribution in [2.75, 3.05) is 12.4 Å². The average molecular weight is 417 g/mol. The Morgan fingerprint density at radius 3 is 2.71 bits per heavy atom. The van der Waals surface area contributed by atoms with Gasteiger partial charge in [0.15, 0.2) is 5.11 Å². The molecule has 0 bridgehead atoms. The Balaban J connectivity index is 1.77. The fourth-order valence-corrected chi connectivity index (χ4v) is 2.93. The number of benzene rings is 2. The van der Waals surface area contributed by atoms with E-state index in [2.05, 4.69) is 10.6 Å². The van der Waals surface area contributed by atoms with Gasteiger partial charge in [-0.2, -0.15) is 0 Å². The van der Waals surface area contributed by atoms with Crippen molar-refractivity contribution in [3.05, 3.63) is 70.9 Å². The van der Waals surface area contributed by atoms with Gasteiger partial charge >= 0.3 is 0 Å². The third-order valence-corrected chi connectivity index (χ3v) is 4.30. The largest absolute Gasteiger partial charge is 0.495 e. The number of anilines is 1. The molecule has 0 atom stereocenters. The van der Waals surface area contributed by atoms with E-state index in [1.807, 2.05) is 6.07 Å². The molecular formula is C20H17ClN2O4S. The fraction of sp³-hybridized carbons (Fsp3) is 0.100. The maximum atomic E-state index is 12.3. The second-order valence-electron chi connectivity index (χ2n) is 5.76. The Hall–Kier alpha value is -2.87. The van der Waals surface area contributed by atoms with Crippen molar-refractivity contribution in [1.82, 2.24) is 5.32 Å². The van der Waals surface area contributed by atoms with Gasteiger partial charge in [0.05, 0.1) is 12.8 Å². The van der Waals surface area contributed by atoms with Gasteiger partial charge in [0.2, 0.25) is 0 Å². The molecule has 0 aliphatic rings. The molecule has 1 aromatic heterocycles. The average Bonchev–Trinajstić information content (AvgIpc) is 3.17. The molecule has 0 unspecified atom stereocenters. The minimum absolute atomic E-state index is 0.107. The molecule has 0 spiro atoms. The number of carbonyl (C=O) groups excluding carboxylic acids is 1. The number of aliphatic hydroxyl groups is 1. The third kappa shape index (κ3) is 4.69. The van der Waals surface area contributed by atoms with E-state index in [0.29, 0.717) is 33.5 Å². The number of hydrogen-bond donors (Lipinski definition) is 3. The van der Waals surface area contributed by atoms with Gasteiger partial charge < -0.3 is 19.6 Å². The highest BCUT2D eigenvalue weighted by Crippen LogP contribution is 2.31. The van der Waals surface area contributed by atoms with Crippen LogP contribution < -0.4 is 15.4 Å². The number of rotatable bonds is 5. The Morgan fingerprint density at radius 1 is 1.21 bits per heavy atom. The summed E-state index contributed by atoms with van der Waals surface area (Å²) in [6.07, 6.45) is 0. The summed E-state index contributed by atoms with van der Waals surface area (Å²) < 4.78 is 10.9. The van der Waals surface area contributed by atoms with Gasteiger partial charge in [-0.1, -0.05) is 17.7 Å². The highest BCUT2D eigenvalue weighted by atomic mass is 35.5. The van der Waals surface area contributed by atoms with Crippen molar-refractivity contribution in [2.24, 2.45) is 0 Å². The van der Waals surface area contributed by atoms with Crippen LogP contribution in [0.25, 0.3) is 11.3 Å². The summed E-state index contributed by atoms with van der Waals surface area (Å²) in [5.41, 5.74) is 1.70. The van der Waals surface area contributed by atoms with Crippen LogP contribution in [0, 0.1) is 0 Å². The maximum absolute atomic E-state index is 12.3. The zero-order chi connectivity index (χ0) is 20.1. The first-order chi connectivity index (χ1) is 13.5. The molecule has 144 valence electrons. The van der Waals surface area contributed by atoms with E-state index in [0.717, 1.165) is 5.56 Å². The van der Waals surface area contributed by atoms with Crippen molar-refractivity contribution in [2.45, 2.75) is 6.61 Å². The highest BCUT2D eigenvalue weighted by molar-refractivity contribution is 7.80. The lowest BCUT2D eigenvalue weighted by Gasteiger charge is -2.14. The molecule has 0 saturated carbocycles. The van der Waals surface area contributed by atoms with E-state index in [9.17, 15) is 4.79 Å². The molecule has 8 heteroatoms. The smallest absolute Gasteiger partial charge is 0.257 e. The first kappa shape index (κ1) is 19.9. The van der Waals surface area contributed by atoms with Crippen molar-refractivity contribution in [3.8, 4) is 17.1 Å². The van der Waals surface area contributed by atoms with E-state index in [1.165, 1.54) is 7.11 Å². The zero-order valence-electron chi connectivity index (χ0n) is 14.9. The molecular weight excluding hydrogens is 400 g/mol. The monoisotopic (exact) mass is 416 g/mol. The number of aliphatic hydroxyl groups excluding tert-OH is 1. The predicted molar refractivity (Wildman–Crippen MR) is 112 cm³/mol. The lowest BCUT2D eigenvalue weighted by atomic mass is 10.1. The van der Waals surface area contributed by atoms with E-state index >= 15 is 0 Å². The number of hydrogen-bond acceptors (Lipinski definition) is 5. The number of methoxy groups -OCH3 is 1. The van der Waals surface area contributed by atoms with Crippen LogP contribution >= 0.6 is 23.8 Å². The fourth-order valence-electron chi connectivity index (χ4n) is 2.54. The molecule has 3 aromatic rings. The number of halogens is 1. The van der Waals surface area contributed by atoms with Gasteiger partial charge in [0, 0.05) is 16.1 Å². The SMILES string of the molecule is COc1ccc(-c2ccc(CO)o2)cc1NC(=S)NC(=O)c1cccc(Cl)c1. The molecule has 0 fully saturated rings. The Morgan fingerprint density at radius 2 is 2.04 bits per heavy atom. The Kier molecular flexibility index (Phi) is 6.30. The van der Waals surface area contributed by atoms with Gasteiger partial charge in [0.1, 0.15) is 23.9 Å². The van der Waals surface area contributed by atoms with Gasteiger partial charge in [-0.05, 0) is 60.7 Å². The molecule has 1 heterocycles. The molecule has 0 aliphatic carbocycles. The number of thiocarbonyl (C=S) groups is 1. The van der Waals surface area contributed by atoms with Crippen LogP contribution in [0.5, 0.6) is 5.75 Å². The van der Waals surface area contributed by atoms with E-state index in [1.54, 1.807) is 48.5 Å². The highest BCUT2D eigenvalue weighted by Gasteiger charge is 2.13. The van der Waals surface area contributed by atoms with E-state index < -0.39 is 0 Å². The van der Waals surface area contributed by atoms with Gasteiger partial charge in [-0.3, -0.25) is 10.1 Å². The van der Waals surface area contributed by atoms with Gasteiger partial charge in [-0.25, -0.2) is 0 Å². The number of nitrogens with one attached hydrogen (secondary N) is 2. The first-order valence-corrected chi connectivity index (χ1v) is 9.04. The topological polar surface area (TPSA) is 83.7 Å². The number of carbonyl (C=O) groups is 1. The second kappa shape index (κ2) is 8.88. The van der Waals surface area contributed by atoms with Crippen LogP contribution in [0.4, 0.5) is 5.69 Å². The minimum atomic E-state index is -0.381. The van der Waals surface area contributed by atoms with Crippen LogP contribution in [-0.4, -0.2) is 23.2 Å². The van der Waals surface area contributed by atoms with E-state index in [-0.39, 0.29) is 17.6 Å². The van der Waals surface area contributed by atoms with E-state index in [4.69, 9.17) is 38.1 Å². The number of ether oxygens (including phenoxy) is 1. The normalized spacial score (nSPS) is 10.4. The van der Waals surface area contributed by atoms with Crippen LogP contribution in [0.3, 0.4) is 0 Å². The first-order valence-electron chi connectivity index (χ1n) is 8.26. The van der Waals surface area contributed by atoms with Crippen molar-refractivity contribution in [1.29, 1.82) is 0 Å². The predicted octanol–water partition coefficient (Wildman–Crippen LogP) is 4.23. The summed E-state index contributed by atoms with van der Waals surface area (Å²) >= 11 is 11.2. The Bertz CT molecular complexity index is 1020. The molecule has 0 saturated heterocycles. The van der Waals surface area contributed by atoms with Gasteiger partial charge in [-0.15, -0.1) is 0 Å². The van der Waals surface area contributed by atoms with Crippen molar-refractivity contribution in [3.63, 3.8) is 0 Å². The summed E-state index contributed by atoms with van der Waals surface area (Å²) in [5, 5.41) is 15.3. The number of amides is 1. The minimum Gasteiger partial charge on any atom is -0.495 e. The lowest BCUT2D eigenvalue weighted by molar-refractivity contribution is 0.0977. The molecule has 0 radical (unpaired) electrons. The molecule has 3 N–H and O–H groups in total. The summed E-state index contributed by atoms with van der Waals surface area (Å²) in [6, 6.07) is 15.4. The molecule has 28 heavy (non-hydrogen) atoms. The van der Waals surface area contributed by atoms with Crippen molar-refractivity contribution >= 4 is 40.5 Å². The molecule has 3 rings (SSSR count). The zero-order valence-corrected chi connectivity index (χ0v) is 16.4. The Labute approximate surface area is 172 Å². The summed E-state index contributed by atoms with van der Waals surface area (Å²) in [5.74, 6) is 1.21. The second-order valence-corrected chi connectivity index (χ2v) is 6.60. The summed E-state index contributed by atoms with van der Waals surface area (Å²) in [6.45, 7) is -0.180. The quantitative estimate of drug-likeness (QED) is 0.540. The summed E-state index contributed by atoms with van der Waals surface area (Å²) in [7, 11) is 1.53.